The normalized spacial score (nSPS) is 20.8. The third kappa shape index (κ3) is 14.7. The van der Waals surface area contributed by atoms with Gasteiger partial charge in [0, 0.05) is 38.7 Å². The van der Waals surface area contributed by atoms with Crippen LogP contribution >= 0.6 is 23.5 Å². The topological polar surface area (TPSA) is 63.6 Å². The minimum atomic E-state index is -3.30. The van der Waals surface area contributed by atoms with Crippen molar-refractivity contribution in [1.29, 1.82) is 0 Å². The summed E-state index contributed by atoms with van der Waals surface area (Å²) in [5.41, 5.74) is 11.8. The van der Waals surface area contributed by atoms with E-state index in [0.717, 1.165) is 37.7 Å². The van der Waals surface area contributed by atoms with Crippen molar-refractivity contribution in [3.63, 3.8) is 0 Å². The van der Waals surface area contributed by atoms with E-state index in [2.05, 4.69) is 126 Å². The number of benzene rings is 4. The summed E-state index contributed by atoms with van der Waals surface area (Å²) in [5, 5.41) is 8.90. The number of aryl methyl sites for hydroxylation is 4. The van der Waals surface area contributed by atoms with Crippen LogP contribution in [-0.2, 0) is 25.1 Å². The lowest BCUT2D eigenvalue weighted by Crippen LogP contribution is -2.36. The highest BCUT2D eigenvalue weighted by Gasteiger charge is 2.42. The van der Waals surface area contributed by atoms with Gasteiger partial charge in [-0.1, -0.05) is 186 Å². The molecule has 62 heavy (non-hydrogen) atoms. The van der Waals surface area contributed by atoms with Crippen LogP contribution in [0.3, 0.4) is 0 Å². The Bertz CT molecular complexity index is 2060. The molecule has 0 amide bonds. The van der Waals surface area contributed by atoms with Gasteiger partial charge in [-0.2, -0.15) is 8.42 Å². The van der Waals surface area contributed by atoms with Crippen LogP contribution in [0.2, 0.25) is 0 Å². The molecule has 0 radical (unpaired) electrons. The van der Waals surface area contributed by atoms with Gasteiger partial charge in [0.25, 0.3) is 10.1 Å². The molecule has 4 unspecified atom stereocenters. The van der Waals surface area contributed by atoms with Gasteiger partial charge in [0.05, 0.1) is 12.9 Å². The van der Waals surface area contributed by atoms with Crippen LogP contribution in [0.25, 0.3) is 0 Å². The maximum Gasteiger partial charge on any atom is 0.264 e. The van der Waals surface area contributed by atoms with Crippen molar-refractivity contribution in [1.82, 2.24) is 0 Å². The molecule has 7 heteroatoms. The second kappa shape index (κ2) is 24.7. The van der Waals surface area contributed by atoms with Gasteiger partial charge in [-0.15, -0.1) is 23.5 Å². The first-order chi connectivity index (χ1) is 29.7. The highest BCUT2D eigenvalue weighted by Crippen LogP contribution is 2.53. The molecule has 6 rings (SSSR count). The Balaban J connectivity index is 0.000000236. The molecule has 0 aliphatic carbocycles. The zero-order chi connectivity index (χ0) is 44.6. The number of aliphatic hydroxyl groups excluding tert-OH is 1. The van der Waals surface area contributed by atoms with Gasteiger partial charge < -0.3 is 5.11 Å². The number of thioether (sulfide) groups is 2. The van der Waals surface area contributed by atoms with Crippen LogP contribution in [0.1, 0.15) is 173 Å². The summed E-state index contributed by atoms with van der Waals surface area (Å²) >= 11 is 4.07. The number of rotatable bonds is 22. The lowest BCUT2D eigenvalue weighted by molar-refractivity contribution is 0.282. The van der Waals surface area contributed by atoms with Crippen LogP contribution in [-0.4, -0.2) is 44.5 Å². The van der Waals surface area contributed by atoms with Crippen LogP contribution in [0.4, 0.5) is 0 Å². The highest BCUT2D eigenvalue weighted by atomic mass is 32.2. The third-order valence-electron chi connectivity index (χ3n) is 13.7. The molecule has 4 atom stereocenters. The summed E-state index contributed by atoms with van der Waals surface area (Å²) in [7, 11) is -3.30. The molecule has 0 spiro atoms. The van der Waals surface area contributed by atoms with Gasteiger partial charge in [0.15, 0.2) is 0 Å². The van der Waals surface area contributed by atoms with E-state index in [-0.39, 0.29) is 10.8 Å². The standard InChI is InChI=1S/C28H40O3S2.C27H38OS/c1-22-13-16-24(17-14-22)28(3)21-32-27-20-23(2)15-18-25(27)26(28)12-10-8-6-5-7-9-11-19-31-33(4,29)30;1-21-12-15-23(16-13-21)27(3)20-29-26-19-22(2)14-17-24(26)25(27)11-9-7-5-4-6-8-10-18-28/h13-18,20,26H,5-12,19,21H2,1-4H3;12-17,19,25,28H,4-11,18,20H2,1-3H3. The summed E-state index contributed by atoms with van der Waals surface area (Å²) in [5.74, 6) is 3.44. The number of hydrogen-bond donors (Lipinski definition) is 1. The van der Waals surface area contributed by atoms with Crippen molar-refractivity contribution in [3.05, 3.63) is 129 Å². The molecule has 1 N–H and O–H groups in total. The van der Waals surface area contributed by atoms with E-state index in [4.69, 9.17) is 9.29 Å². The third-order valence-corrected chi connectivity index (χ3v) is 17.1. The van der Waals surface area contributed by atoms with Crippen molar-refractivity contribution >= 4 is 33.6 Å². The molecule has 0 bridgehead atoms. The van der Waals surface area contributed by atoms with Gasteiger partial charge in [-0.25, -0.2) is 0 Å². The summed E-state index contributed by atoms with van der Waals surface area (Å²) in [6.45, 7) is 14.4. The van der Waals surface area contributed by atoms with E-state index in [1.165, 1.54) is 132 Å². The molecule has 2 aliphatic heterocycles. The molecular weight excluding hydrogens is 821 g/mol. The number of hydrogen-bond acceptors (Lipinski definition) is 6. The monoisotopic (exact) mass is 899 g/mol. The highest BCUT2D eigenvalue weighted by molar-refractivity contribution is 7.99. The largest absolute Gasteiger partial charge is 0.396 e. The maximum atomic E-state index is 11.0. The number of aliphatic hydroxyl groups is 1. The van der Waals surface area contributed by atoms with Crippen LogP contribution in [0.5, 0.6) is 0 Å². The zero-order valence-corrected chi connectivity index (χ0v) is 41.7. The molecule has 340 valence electrons. The minimum absolute atomic E-state index is 0.153. The minimum Gasteiger partial charge on any atom is -0.396 e. The van der Waals surface area contributed by atoms with Crippen molar-refractivity contribution in [2.45, 2.75) is 177 Å². The Morgan fingerprint density at radius 3 is 1.27 bits per heavy atom. The fraction of sp³-hybridized carbons (Fsp3) is 0.564. The van der Waals surface area contributed by atoms with Gasteiger partial charge in [-0.3, -0.25) is 4.18 Å². The van der Waals surface area contributed by atoms with E-state index < -0.39 is 10.1 Å². The molecule has 0 fully saturated rings. The number of fused-ring (bicyclic) bond motifs is 2. The predicted molar refractivity (Wildman–Crippen MR) is 268 cm³/mol. The lowest BCUT2D eigenvalue weighted by Gasteiger charge is -2.43. The summed E-state index contributed by atoms with van der Waals surface area (Å²) in [6.07, 6.45) is 20.3. The van der Waals surface area contributed by atoms with Gasteiger partial charge in [-0.05, 0) is 99.6 Å². The SMILES string of the molecule is Cc1ccc(C2(C)CSc3cc(C)ccc3C2CCCCCCCCCO)cc1.Cc1ccc(C2(C)CSc3cc(C)ccc3C2CCCCCCCCCOS(C)(=O)=O)cc1. The van der Waals surface area contributed by atoms with Crippen LogP contribution in [0, 0.1) is 27.7 Å². The summed E-state index contributed by atoms with van der Waals surface area (Å²) in [4.78, 5) is 2.98. The van der Waals surface area contributed by atoms with Crippen molar-refractivity contribution in [2.24, 2.45) is 0 Å². The van der Waals surface area contributed by atoms with Crippen LogP contribution < -0.4 is 0 Å². The molecular formula is C55H78O4S3. The molecule has 0 saturated heterocycles. The molecule has 4 aromatic carbocycles. The first kappa shape index (κ1) is 50.4. The van der Waals surface area contributed by atoms with E-state index in [1.807, 2.05) is 23.5 Å². The Morgan fingerprint density at radius 2 is 0.887 bits per heavy atom. The van der Waals surface area contributed by atoms with Crippen LogP contribution in [0.15, 0.2) is 94.7 Å². The molecule has 4 aromatic rings. The molecule has 4 nitrogen and oxygen atoms in total. The first-order valence-electron chi connectivity index (χ1n) is 23.8. The second-order valence-corrected chi connectivity index (χ2v) is 22.8. The molecule has 2 aliphatic rings. The first-order valence-corrected chi connectivity index (χ1v) is 27.6. The zero-order valence-electron chi connectivity index (χ0n) is 39.3. The Labute approximate surface area is 386 Å². The molecule has 0 saturated carbocycles. The summed E-state index contributed by atoms with van der Waals surface area (Å²) in [6, 6.07) is 32.6. The predicted octanol–water partition coefficient (Wildman–Crippen LogP) is 15.1. The Hall–Kier alpha value is -2.55. The average molecular weight is 899 g/mol. The summed E-state index contributed by atoms with van der Waals surface area (Å²) < 4.78 is 26.8. The number of unbranched alkanes of at least 4 members (excludes halogenated alkanes) is 12. The Morgan fingerprint density at radius 1 is 0.532 bits per heavy atom. The van der Waals surface area contributed by atoms with Crippen molar-refractivity contribution in [3.8, 4) is 0 Å². The fourth-order valence-corrected chi connectivity index (χ4v) is 13.1. The van der Waals surface area contributed by atoms with E-state index in [1.54, 1.807) is 5.56 Å². The quantitative estimate of drug-likeness (QED) is 0.0626. The molecule has 0 aromatic heterocycles. The fourth-order valence-electron chi connectivity index (χ4n) is 9.73. The van der Waals surface area contributed by atoms with E-state index in [9.17, 15) is 8.42 Å². The average Bonchev–Trinajstić information content (AvgIpc) is 3.24. The maximum absolute atomic E-state index is 11.0. The van der Waals surface area contributed by atoms with E-state index >= 15 is 0 Å². The molecule has 2 heterocycles. The lowest BCUT2D eigenvalue weighted by atomic mass is 9.67. The van der Waals surface area contributed by atoms with Gasteiger partial charge >= 0.3 is 0 Å². The van der Waals surface area contributed by atoms with Crippen molar-refractivity contribution in [2.75, 3.05) is 31.0 Å². The second-order valence-electron chi connectivity index (χ2n) is 19.1. The smallest absolute Gasteiger partial charge is 0.264 e. The van der Waals surface area contributed by atoms with Gasteiger partial charge in [0.1, 0.15) is 0 Å². The Kier molecular flexibility index (Phi) is 20.1. The van der Waals surface area contributed by atoms with Crippen molar-refractivity contribution < 1.29 is 17.7 Å². The van der Waals surface area contributed by atoms with Gasteiger partial charge in [0.2, 0.25) is 0 Å². The van der Waals surface area contributed by atoms with E-state index in [0.29, 0.717) is 25.0 Å².